The van der Waals surface area contributed by atoms with Crippen LogP contribution in [0, 0.1) is 0 Å². The Labute approximate surface area is 134 Å². The van der Waals surface area contributed by atoms with Gasteiger partial charge >= 0.3 is 6.03 Å². The summed E-state index contributed by atoms with van der Waals surface area (Å²) in [5, 5.41) is 5.64. The van der Waals surface area contributed by atoms with Crippen molar-refractivity contribution in [1.82, 2.24) is 20.6 Å². The fourth-order valence-corrected chi connectivity index (χ4v) is 2.51. The van der Waals surface area contributed by atoms with Crippen LogP contribution in [0.15, 0.2) is 12.4 Å². The molecule has 1 saturated carbocycles. The van der Waals surface area contributed by atoms with Crippen LogP contribution >= 0.6 is 11.6 Å². The largest absolute Gasteiger partial charge is 0.477 e. The first-order chi connectivity index (χ1) is 10.7. The van der Waals surface area contributed by atoms with Gasteiger partial charge in [-0.25, -0.2) is 14.8 Å². The zero-order valence-electron chi connectivity index (χ0n) is 12.5. The molecule has 0 saturated heterocycles. The monoisotopic (exact) mass is 328 g/mol. The number of ether oxygens (including phenoxy) is 2. The van der Waals surface area contributed by atoms with Crippen LogP contribution in [0.1, 0.15) is 25.7 Å². The minimum Gasteiger partial charge on any atom is -0.477 e. The Hall–Kier alpha value is -1.76. The molecular weight excluding hydrogens is 308 g/mol. The third-order valence-corrected chi connectivity index (χ3v) is 3.68. The van der Waals surface area contributed by atoms with Crippen LogP contribution in [0.4, 0.5) is 4.79 Å². The van der Waals surface area contributed by atoms with Gasteiger partial charge in [0.1, 0.15) is 6.10 Å². The van der Waals surface area contributed by atoms with Crippen molar-refractivity contribution in [1.29, 1.82) is 0 Å². The number of urea groups is 1. The summed E-state index contributed by atoms with van der Waals surface area (Å²) >= 11 is 5.53. The summed E-state index contributed by atoms with van der Waals surface area (Å²) in [6.07, 6.45) is 6.62. The molecule has 1 aromatic heterocycles. The second-order valence-corrected chi connectivity index (χ2v) is 5.43. The van der Waals surface area contributed by atoms with Gasteiger partial charge in [0.05, 0.1) is 7.11 Å². The van der Waals surface area contributed by atoms with E-state index >= 15 is 0 Å². The molecule has 1 aliphatic carbocycles. The van der Waals surface area contributed by atoms with Crippen LogP contribution in [0.3, 0.4) is 0 Å². The molecule has 1 aliphatic rings. The van der Waals surface area contributed by atoms with Crippen LogP contribution in [0.2, 0.25) is 0 Å². The summed E-state index contributed by atoms with van der Waals surface area (Å²) in [4.78, 5) is 19.8. The highest BCUT2D eigenvalue weighted by molar-refractivity contribution is 6.18. The average molecular weight is 329 g/mol. The predicted molar refractivity (Wildman–Crippen MR) is 82.5 cm³/mol. The predicted octanol–water partition coefficient (Wildman–Crippen LogP) is 1.71. The number of carbonyl (C=O) groups excluding carboxylic acids is 1. The zero-order chi connectivity index (χ0) is 15.8. The van der Waals surface area contributed by atoms with E-state index in [2.05, 4.69) is 20.6 Å². The third kappa shape index (κ3) is 4.91. The molecule has 0 aliphatic heterocycles. The number of hydrogen-bond acceptors (Lipinski definition) is 5. The Morgan fingerprint density at radius 1 is 1.27 bits per heavy atom. The standard InChI is InChI=1S/C14H21ClN4O3/c1-21-12-13(17-9-8-16-12)22-11-4-2-10(3-5-11)19-14(20)18-7-6-15/h8-11H,2-7H2,1H3,(H2,18,19,20). The van der Waals surface area contributed by atoms with E-state index in [1.165, 1.54) is 7.11 Å². The molecule has 7 nitrogen and oxygen atoms in total. The summed E-state index contributed by atoms with van der Waals surface area (Å²) < 4.78 is 11.0. The van der Waals surface area contributed by atoms with Gasteiger partial charge in [-0.1, -0.05) is 0 Å². The van der Waals surface area contributed by atoms with Gasteiger partial charge in [0.15, 0.2) is 0 Å². The Balaban J connectivity index is 1.76. The fourth-order valence-electron chi connectivity index (χ4n) is 2.41. The highest BCUT2D eigenvalue weighted by atomic mass is 35.5. The summed E-state index contributed by atoms with van der Waals surface area (Å²) in [6.45, 7) is 0.471. The molecule has 0 bridgehead atoms. The molecular formula is C14H21ClN4O3. The number of amides is 2. The van der Waals surface area contributed by atoms with E-state index < -0.39 is 0 Å². The van der Waals surface area contributed by atoms with Crippen LogP contribution < -0.4 is 20.1 Å². The molecule has 22 heavy (non-hydrogen) atoms. The summed E-state index contributed by atoms with van der Waals surface area (Å²) in [5.41, 5.74) is 0. The molecule has 1 fully saturated rings. The molecule has 1 aromatic rings. The first kappa shape index (κ1) is 16.6. The maximum absolute atomic E-state index is 11.6. The Morgan fingerprint density at radius 2 is 1.95 bits per heavy atom. The van der Waals surface area contributed by atoms with Gasteiger partial charge in [-0.15, -0.1) is 11.6 Å². The van der Waals surface area contributed by atoms with Crippen molar-refractivity contribution in [3.05, 3.63) is 12.4 Å². The van der Waals surface area contributed by atoms with E-state index in [4.69, 9.17) is 21.1 Å². The molecule has 122 valence electrons. The Bertz CT molecular complexity index is 481. The summed E-state index contributed by atoms with van der Waals surface area (Å²) in [6, 6.07) is -0.000424. The highest BCUT2D eigenvalue weighted by Gasteiger charge is 2.24. The van der Waals surface area contributed by atoms with E-state index in [-0.39, 0.29) is 18.2 Å². The lowest BCUT2D eigenvalue weighted by Gasteiger charge is -2.29. The zero-order valence-corrected chi connectivity index (χ0v) is 13.3. The Morgan fingerprint density at radius 3 is 2.59 bits per heavy atom. The molecule has 8 heteroatoms. The van der Waals surface area contributed by atoms with Gasteiger partial charge in [-0.05, 0) is 25.7 Å². The maximum Gasteiger partial charge on any atom is 0.315 e. The minimum absolute atomic E-state index is 0.0644. The Kier molecular flexibility index (Phi) is 6.51. The summed E-state index contributed by atoms with van der Waals surface area (Å²) in [5.74, 6) is 1.22. The van der Waals surface area contributed by atoms with Gasteiger partial charge in [-0.3, -0.25) is 0 Å². The smallest absolute Gasteiger partial charge is 0.315 e. The molecule has 1 heterocycles. The molecule has 2 N–H and O–H groups in total. The van der Waals surface area contributed by atoms with Crippen molar-refractivity contribution in [3.63, 3.8) is 0 Å². The third-order valence-electron chi connectivity index (χ3n) is 3.49. The second kappa shape index (κ2) is 8.63. The van der Waals surface area contributed by atoms with E-state index in [1.807, 2.05) is 0 Å². The van der Waals surface area contributed by atoms with Gasteiger partial charge < -0.3 is 20.1 Å². The number of alkyl halides is 1. The SMILES string of the molecule is COc1nccnc1OC1CCC(NC(=O)NCCCl)CC1. The molecule has 0 unspecified atom stereocenters. The molecule has 2 amide bonds. The number of nitrogens with one attached hydrogen (secondary N) is 2. The number of halogens is 1. The lowest BCUT2D eigenvalue weighted by atomic mass is 9.93. The van der Waals surface area contributed by atoms with Crippen molar-refractivity contribution in [3.8, 4) is 11.8 Å². The van der Waals surface area contributed by atoms with E-state index in [0.29, 0.717) is 24.2 Å². The minimum atomic E-state index is -0.166. The van der Waals surface area contributed by atoms with Crippen LogP contribution in [0.5, 0.6) is 11.8 Å². The van der Waals surface area contributed by atoms with E-state index in [1.54, 1.807) is 12.4 Å². The maximum atomic E-state index is 11.6. The van der Waals surface area contributed by atoms with Crippen molar-refractivity contribution in [2.45, 2.75) is 37.8 Å². The van der Waals surface area contributed by atoms with Crippen molar-refractivity contribution in [2.75, 3.05) is 19.5 Å². The first-order valence-corrected chi connectivity index (χ1v) is 7.88. The van der Waals surface area contributed by atoms with Crippen molar-refractivity contribution < 1.29 is 14.3 Å². The van der Waals surface area contributed by atoms with Crippen molar-refractivity contribution in [2.24, 2.45) is 0 Å². The van der Waals surface area contributed by atoms with Gasteiger partial charge in [-0.2, -0.15) is 0 Å². The number of aromatic nitrogens is 2. The number of hydrogen-bond donors (Lipinski definition) is 2. The topological polar surface area (TPSA) is 85.4 Å². The normalized spacial score (nSPS) is 21.0. The summed E-state index contributed by atoms with van der Waals surface area (Å²) in [7, 11) is 1.54. The lowest BCUT2D eigenvalue weighted by molar-refractivity contribution is 0.129. The first-order valence-electron chi connectivity index (χ1n) is 7.35. The van der Waals surface area contributed by atoms with Crippen LogP contribution in [-0.2, 0) is 0 Å². The van der Waals surface area contributed by atoms with Gasteiger partial charge in [0.2, 0.25) is 0 Å². The van der Waals surface area contributed by atoms with Crippen LogP contribution in [-0.4, -0.2) is 47.7 Å². The quantitative estimate of drug-likeness (QED) is 0.776. The number of carbonyl (C=O) groups is 1. The van der Waals surface area contributed by atoms with Gasteiger partial charge in [0, 0.05) is 30.9 Å². The van der Waals surface area contributed by atoms with Gasteiger partial charge in [0.25, 0.3) is 11.8 Å². The molecule has 0 atom stereocenters. The lowest BCUT2D eigenvalue weighted by Crippen LogP contribution is -2.45. The number of rotatable bonds is 6. The number of nitrogens with zero attached hydrogens (tertiary/aromatic N) is 2. The molecule has 0 aromatic carbocycles. The fraction of sp³-hybridized carbons (Fsp3) is 0.643. The highest BCUT2D eigenvalue weighted by Crippen LogP contribution is 2.27. The second-order valence-electron chi connectivity index (χ2n) is 5.05. The molecule has 0 spiro atoms. The molecule has 0 radical (unpaired) electrons. The number of methoxy groups -OCH3 is 1. The van der Waals surface area contributed by atoms with Crippen LogP contribution in [0.25, 0.3) is 0 Å². The van der Waals surface area contributed by atoms with Crippen molar-refractivity contribution >= 4 is 17.6 Å². The molecule has 2 rings (SSSR count). The van der Waals surface area contributed by atoms with E-state index in [0.717, 1.165) is 25.7 Å². The van der Waals surface area contributed by atoms with E-state index in [9.17, 15) is 4.79 Å². The average Bonchev–Trinajstić information content (AvgIpc) is 2.55.